The Morgan fingerprint density at radius 2 is 1.92 bits per heavy atom. The number of benzene rings is 2. The molecule has 12 nitrogen and oxygen atoms in total. The molecule has 1 heterocycles. The van der Waals surface area contributed by atoms with E-state index in [0.717, 1.165) is 4.90 Å². The second-order valence-corrected chi connectivity index (χ2v) is 10.1. The first-order valence-electron chi connectivity index (χ1n) is 11.0. The number of non-ortho nitro benzene ring substituents is 1. The minimum atomic E-state index is -2.20. The van der Waals surface area contributed by atoms with Gasteiger partial charge in [0.15, 0.2) is 11.4 Å². The lowest BCUT2D eigenvalue weighted by molar-refractivity contribution is -0.384. The Morgan fingerprint density at radius 3 is 2.50 bits per heavy atom. The maximum absolute atomic E-state index is 13.0. The Hall–Kier alpha value is -4.10. The van der Waals surface area contributed by atoms with Crippen molar-refractivity contribution in [3.63, 3.8) is 0 Å². The fourth-order valence-electron chi connectivity index (χ4n) is 3.80. The van der Waals surface area contributed by atoms with Crippen LogP contribution in [0, 0.1) is 10.1 Å². The molecule has 0 aromatic heterocycles. The number of carbonyl (C=O) groups is 4. The van der Waals surface area contributed by atoms with Gasteiger partial charge in [0.2, 0.25) is 11.8 Å². The smallest absolute Gasteiger partial charge is 0.333 e. The summed E-state index contributed by atoms with van der Waals surface area (Å²) in [4.78, 5) is 60.4. The third-order valence-electron chi connectivity index (χ3n) is 5.58. The molecule has 14 heteroatoms. The number of β-lactam (4-membered cyclic amide) rings is 1. The summed E-state index contributed by atoms with van der Waals surface area (Å²) >= 11 is 0. The summed E-state index contributed by atoms with van der Waals surface area (Å²) in [6, 6.07) is 8.99. The quantitative estimate of drug-likeness (QED) is 0.0773. The van der Waals surface area contributed by atoms with Gasteiger partial charge in [-0.15, -0.1) is 0 Å². The van der Waals surface area contributed by atoms with E-state index >= 15 is 0 Å². The molecule has 4 atom stereocenters. The van der Waals surface area contributed by atoms with E-state index in [1.807, 2.05) is 0 Å². The molecule has 1 saturated heterocycles. The van der Waals surface area contributed by atoms with Crippen LogP contribution in [0.1, 0.15) is 18.1 Å². The van der Waals surface area contributed by atoms with Crippen LogP contribution in [0.5, 0.6) is 5.75 Å². The number of nitro benzene ring substituents is 1. The van der Waals surface area contributed by atoms with Gasteiger partial charge in [-0.05, 0) is 46.9 Å². The van der Waals surface area contributed by atoms with E-state index in [2.05, 4.69) is 11.9 Å². The normalized spacial score (nSPS) is 17.9. The van der Waals surface area contributed by atoms with Crippen molar-refractivity contribution in [2.75, 3.05) is 0 Å². The van der Waals surface area contributed by atoms with E-state index in [1.54, 1.807) is 18.2 Å². The SMILES string of the molecule is C=C(C)C(C(=O)OCc1ccc([N+](=O)[O-])cc1)N1C(=O)[C@@H](NC(=O)Cc2ccccc2OC=O)C1S(=O)Cl. The van der Waals surface area contributed by atoms with E-state index in [0.29, 0.717) is 11.1 Å². The zero-order valence-electron chi connectivity index (χ0n) is 19.9. The highest BCUT2D eigenvalue weighted by Crippen LogP contribution is 2.31. The van der Waals surface area contributed by atoms with Crippen molar-refractivity contribution in [3.8, 4) is 5.75 Å². The summed E-state index contributed by atoms with van der Waals surface area (Å²) in [6.45, 7) is 5.16. The third-order valence-corrected chi connectivity index (χ3v) is 7.01. The first-order chi connectivity index (χ1) is 18.0. The van der Waals surface area contributed by atoms with Gasteiger partial charge in [-0.1, -0.05) is 24.8 Å². The van der Waals surface area contributed by atoms with Crippen LogP contribution in [-0.4, -0.2) is 55.7 Å². The molecule has 2 aromatic rings. The molecule has 0 spiro atoms. The minimum absolute atomic E-state index is 0.133. The predicted octanol–water partition coefficient (Wildman–Crippen LogP) is 1.92. The topological polar surface area (TPSA) is 162 Å². The van der Waals surface area contributed by atoms with E-state index in [-0.39, 0.29) is 36.5 Å². The van der Waals surface area contributed by atoms with E-state index in [9.17, 15) is 33.5 Å². The molecule has 0 bridgehead atoms. The largest absolute Gasteiger partial charge is 0.459 e. The fraction of sp³-hybridized carbons (Fsp3) is 0.250. The van der Waals surface area contributed by atoms with Crippen LogP contribution in [-0.2, 0) is 47.0 Å². The summed E-state index contributed by atoms with van der Waals surface area (Å²) in [7, 11) is 3.65. The molecule has 1 fully saturated rings. The number of hydrogen-bond acceptors (Lipinski definition) is 9. The van der Waals surface area contributed by atoms with Gasteiger partial charge in [0.1, 0.15) is 28.4 Å². The summed E-state index contributed by atoms with van der Waals surface area (Å²) in [5, 5.41) is 12.0. The lowest BCUT2D eigenvalue weighted by atomic mass is 9.99. The molecular formula is C24H22ClN3O9S. The van der Waals surface area contributed by atoms with Crippen molar-refractivity contribution in [3.05, 3.63) is 81.9 Å². The molecule has 200 valence electrons. The summed E-state index contributed by atoms with van der Waals surface area (Å²) in [5.74, 6) is -2.09. The van der Waals surface area contributed by atoms with Crippen molar-refractivity contribution in [2.45, 2.75) is 37.4 Å². The molecule has 2 amide bonds. The third kappa shape index (κ3) is 6.42. The van der Waals surface area contributed by atoms with Crippen LogP contribution < -0.4 is 10.1 Å². The van der Waals surface area contributed by atoms with Gasteiger partial charge >= 0.3 is 5.97 Å². The van der Waals surface area contributed by atoms with Crippen LogP contribution in [0.3, 0.4) is 0 Å². The van der Waals surface area contributed by atoms with Crippen molar-refractivity contribution in [2.24, 2.45) is 0 Å². The summed E-state index contributed by atoms with van der Waals surface area (Å²) < 4.78 is 22.4. The van der Waals surface area contributed by atoms with Crippen LogP contribution in [0.4, 0.5) is 5.69 Å². The predicted molar refractivity (Wildman–Crippen MR) is 135 cm³/mol. The van der Waals surface area contributed by atoms with Gasteiger partial charge in [-0.3, -0.25) is 24.5 Å². The molecule has 0 aliphatic carbocycles. The van der Waals surface area contributed by atoms with Crippen LogP contribution in [0.15, 0.2) is 60.7 Å². The molecule has 1 aliphatic heterocycles. The molecule has 1 aliphatic rings. The maximum atomic E-state index is 13.0. The van der Waals surface area contributed by atoms with Crippen molar-refractivity contribution < 1.29 is 37.8 Å². The van der Waals surface area contributed by atoms with Crippen molar-refractivity contribution in [1.82, 2.24) is 10.2 Å². The zero-order valence-corrected chi connectivity index (χ0v) is 21.5. The van der Waals surface area contributed by atoms with Crippen LogP contribution in [0.25, 0.3) is 0 Å². The highest BCUT2D eigenvalue weighted by molar-refractivity contribution is 8.08. The number of nitro groups is 1. The average molecular weight is 564 g/mol. The first-order valence-corrected chi connectivity index (χ1v) is 13.0. The number of amides is 2. The number of likely N-dealkylation sites (tertiary alicyclic amines) is 1. The van der Waals surface area contributed by atoms with Gasteiger partial charge in [-0.25, -0.2) is 9.00 Å². The summed E-state index contributed by atoms with van der Waals surface area (Å²) in [6.07, 6.45) is -0.253. The van der Waals surface area contributed by atoms with Crippen molar-refractivity contribution in [1.29, 1.82) is 0 Å². The number of halogens is 1. The van der Waals surface area contributed by atoms with E-state index in [1.165, 1.54) is 37.3 Å². The van der Waals surface area contributed by atoms with E-state index < -0.39 is 50.2 Å². The highest BCUT2D eigenvalue weighted by atomic mass is 35.7. The molecule has 38 heavy (non-hydrogen) atoms. The van der Waals surface area contributed by atoms with Gasteiger partial charge < -0.3 is 19.7 Å². The van der Waals surface area contributed by atoms with Gasteiger partial charge in [0.05, 0.1) is 11.3 Å². The number of hydrogen-bond donors (Lipinski definition) is 1. The maximum Gasteiger partial charge on any atom is 0.333 e. The molecule has 3 unspecified atom stereocenters. The first kappa shape index (κ1) is 28.5. The number of ether oxygens (including phenoxy) is 2. The number of para-hydroxylation sites is 1. The highest BCUT2D eigenvalue weighted by Gasteiger charge is 2.56. The Bertz CT molecular complexity index is 1300. The monoisotopic (exact) mass is 563 g/mol. The Morgan fingerprint density at radius 1 is 1.26 bits per heavy atom. The van der Waals surface area contributed by atoms with Gasteiger partial charge in [-0.2, -0.15) is 0 Å². The molecule has 0 saturated carbocycles. The average Bonchev–Trinajstić information content (AvgIpc) is 2.87. The second kappa shape index (κ2) is 12.4. The van der Waals surface area contributed by atoms with Crippen molar-refractivity contribution >= 4 is 50.6 Å². The lowest BCUT2D eigenvalue weighted by Crippen LogP contribution is -2.75. The molecule has 3 rings (SSSR count). The molecule has 2 aromatic carbocycles. The Labute approximate surface area is 223 Å². The fourth-order valence-corrected chi connectivity index (χ4v) is 5.17. The van der Waals surface area contributed by atoms with Crippen LogP contribution in [0.2, 0.25) is 0 Å². The minimum Gasteiger partial charge on any atom is -0.459 e. The number of nitrogens with one attached hydrogen (secondary N) is 1. The Balaban J connectivity index is 1.70. The molecular weight excluding hydrogens is 542 g/mol. The summed E-state index contributed by atoms with van der Waals surface area (Å²) in [5.41, 5.74) is 0.898. The van der Waals surface area contributed by atoms with E-state index in [4.69, 9.17) is 20.2 Å². The van der Waals surface area contributed by atoms with Gasteiger partial charge in [0.25, 0.3) is 12.2 Å². The number of rotatable bonds is 12. The number of carbonyl (C=O) groups excluding carboxylic acids is 4. The lowest BCUT2D eigenvalue weighted by Gasteiger charge is -2.48. The second-order valence-electron chi connectivity index (χ2n) is 8.21. The number of esters is 1. The molecule has 1 N–H and O–H groups in total. The van der Waals surface area contributed by atoms with Gasteiger partial charge in [0, 0.05) is 17.7 Å². The van der Waals surface area contributed by atoms with Crippen LogP contribution >= 0.6 is 10.7 Å². The Kier molecular flexibility index (Phi) is 9.31. The zero-order chi connectivity index (χ0) is 28.0. The number of nitrogens with zero attached hydrogens (tertiary/aromatic N) is 2. The standard InChI is InChI=1S/C24H22ClN3O9S/c1-14(2)21(24(32)36-12-15-7-9-17(10-8-15)28(33)34)27-22(31)20(23(27)38(25)35)26-19(30)11-16-5-3-4-6-18(16)37-13-29/h3-10,13,20-21,23H,1,11-12H2,2H3,(H,26,30)/t20-,21?,23?,38?/m1/s1. The molecule has 0 radical (unpaired) electrons.